The Morgan fingerprint density at radius 1 is 1.63 bits per heavy atom. The van der Waals surface area contributed by atoms with Gasteiger partial charge in [-0.2, -0.15) is 0 Å². The van der Waals surface area contributed by atoms with Gasteiger partial charge in [-0.05, 0) is 33.4 Å². The highest BCUT2D eigenvalue weighted by molar-refractivity contribution is 5.91. The van der Waals surface area contributed by atoms with Gasteiger partial charge >= 0.3 is 5.91 Å². The second-order valence-electron chi connectivity index (χ2n) is 5.01. The van der Waals surface area contributed by atoms with Crippen molar-refractivity contribution in [3.05, 3.63) is 23.2 Å². The van der Waals surface area contributed by atoms with Crippen LogP contribution in [-0.2, 0) is 11.3 Å². The average Bonchev–Trinajstić information content (AvgIpc) is 2.95. The van der Waals surface area contributed by atoms with Crippen molar-refractivity contribution in [2.24, 2.45) is 5.84 Å². The normalized spacial score (nSPS) is 23.0. The summed E-state index contributed by atoms with van der Waals surface area (Å²) in [5.41, 5.74) is 3.07. The summed E-state index contributed by atoms with van der Waals surface area (Å²) in [6, 6.07) is 2.15. The van der Waals surface area contributed by atoms with Crippen molar-refractivity contribution in [2.75, 3.05) is 13.7 Å². The number of ether oxygens (including phenoxy) is 1. The first-order chi connectivity index (χ1) is 9.02. The van der Waals surface area contributed by atoms with E-state index in [0.29, 0.717) is 6.04 Å². The first kappa shape index (κ1) is 14.0. The lowest BCUT2D eigenvalue weighted by atomic mass is 10.1. The van der Waals surface area contributed by atoms with Gasteiger partial charge in [-0.25, -0.2) is 5.84 Å². The maximum absolute atomic E-state index is 11.4. The third-order valence-electron chi connectivity index (χ3n) is 3.70. The van der Waals surface area contributed by atoms with Crippen LogP contribution in [0.5, 0.6) is 0 Å². The number of nitrogens with two attached hydrogens (primary N) is 1. The maximum atomic E-state index is 11.4. The van der Waals surface area contributed by atoms with Crippen LogP contribution in [0.1, 0.15) is 35.2 Å². The van der Waals surface area contributed by atoms with E-state index < -0.39 is 5.91 Å². The van der Waals surface area contributed by atoms with Crippen molar-refractivity contribution in [2.45, 2.75) is 39.0 Å². The topological polar surface area (TPSA) is 80.7 Å². The summed E-state index contributed by atoms with van der Waals surface area (Å²) in [6.45, 7) is 5.47. The molecule has 3 N–H and O–H groups in total. The monoisotopic (exact) mass is 267 g/mol. The Bertz CT molecular complexity index is 458. The molecular formula is C13H21N3O3. The van der Waals surface area contributed by atoms with Crippen LogP contribution >= 0.6 is 0 Å². The smallest absolute Gasteiger partial charge is 0.300 e. The van der Waals surface area contributed by atoms with Gasteiger partial charge in [0, 0.05) is 24.8 Å². The highest BCUT2D eigenvalue weighted by atomic mass is 16.5. The number of amides is 1. The molecule has 106 valence electrons. The zero-order valence-corrected chi connectivity index (χ0v) is 11.6. The van der Waals surface area contributed by atoms with E-state index in [2.05, 4.69) is 24.3 Å². The molecule has 2 atom stereocenters. The van der Waals surface area contributed by atoms with Crippen LogP contribution in [-0.4, -0.2) is 36.6 Å². The van der Waals surface area contributed by atoms with Crippen LogP contribution in [0.3, 0.4) is 0 Å². The summed E-state index contributed by atoms with van der Waals surface area (Å²) >= 11 is 0. The van der Waals surface area contributed by atoms with Gasteiger partial charge in [0.2, 0.25) is 0 Å². The highest BCUT2D eigenvalue weighted by Gasteiger charge is 2.28. The predicted molar refractivity (Wildman–Crippen MR) is 70.4 cm³/mol. The second kappa shape index (κ2) is 5.73. The molecule has 0 aromatic carbocycles. The Labute approximate surface area is 112 Å². The van der Waals surface area contributed by atoms with E-state index in [1.54, 1.807) is 6.07 Å². The van der Waals surface area contributed by atoms with Crippen molar-refractivity contribution in [1.29, 1.82) is 0 Å². The Morgan fingerprint density at radius 3 is 2.95 bits per heavy atom. The first-order valence-electron chi connectivity index (χ1n) is 6.45. The van der Waals surface area contributed by atoms with Crippen LogP contribution < -0.4 is 11.3 Å². The maximum Gasteiger partial charge on any atom is 0.300 e. The minimum Gasteiger partial charge on any atom is -0.456 e. The molecule has 19 heavy (non-hydrogen) atoms. The van der Waals surface area contributed by atoms with Gasteiger partial charge < -0.3 is 9.15 Å². The average molecular weight is 267 g/mol. The lowest BCUT2D eigenvalue weighted by Gasteiger charge is -2.26. The summed E-state index contributed by atoms with van der Waals surface area (Å²) in [5.74, 6) is 5.68. The minimum absolute atomic E-state index is 0.240. The number of nitrogens with one attached hydrogen (secondary N) is 1. The number of aryl methyl sites for hydroxylation is 1. The van der Waals surface area contributed by atoms with Crippen LogP contribution in [0, 0.1) is 6.92 Å². The van der Waals surface area contributed by atoms with E-state index in [4.69, 9.17) is 15.0 Å². The molecule has 6 heteroatoms. The van der Waals surface area contributed by atoms with E-state index in [0.717, 1.165) is 30.9 Å². The summed E-state index contributed by atoms with van der Waals surface area (Å²) < 4.78 is 11.0. The molecule has 0 radical (unpaired) electrons. The molecule has 1 aliphatic rings. The predicted octanol–water partition coefficient (Wildman–Crippen LogP) is 0.801. The van der Waals surface area contributed by atoms with E-state index in [9.17, 15) is 4.79 Å². The molecule has 6 nitrogen and oxygen atoms in total. The van der Waals surface area contributed by atoms with Crippen LogP contribution in [0.2, 0.25) is 0 Å². The molecule has 0 aliphatic carbocycles. The lowest BCUT2D eigenvalue weighted by molar-refractivity contribution is 0.0813. The standard InChI is InChI=1S/C13H21N3O3/c1-8-10(6-12(19-8)13(17)15-14)7-16(3)11-4-5-18-9(11)2/h6,9,11H,4-5,7,14H2,1-3H3,(H,15,17). The quantitative estimate of drug-likeness (QED) is 0.479. The van der Waals surface area contributed by atoms with Crippen molar-refractivity contribution in [3.63, 3.8) is 0 Å². The summed E-state index contributed by atoms with van der Waals surface area (Å²) in [6.07, 6.45) is 1.27. The zero-order chi connectivity index (χ0) is 14.0. The number of carbonyl (C=O) groups excluding carboxylic acids is 1. The van der Waals surface area contributed by atoms with Gasteiger partial charge in [0.05, 0.1) is 6.10 Å². The Balaban J connectivity index is 2.06. The molecular weight excluding hydrogens is 246 g/mol. The van der Waals surface area contributed by atoms with E-state index in [-0.39, 0.29) is 11.9 Å². The first-order valence-corrected chi connectivity index (χ1v) is 6.45. The molecule has 1 amide bonds. The number of carbonyl (C=O) groups is 1. The summed E-state index contributed by atoms with van der Waals surface area (Å²) in [5, 5.41) is 0. The van der Waals surface area contributed by atoms with E-state index in [1.807, 2.05) is 6.92 Å². The largest absolute Gasteiger partial charge is 0.456 e. The number of hydrogen-bond donors (Lipinski definition) is 2. The molecule has 2 rings (SSSR count). The third kappa shape index (κ3) is 2.97. The minimum atomic E-state index is -0.408. The molecule has 1 fully saturated rings. The fourth-order valence-electron chi connectivity index (χ4n) is 2.54. The fourth-order valence-corrected chi connectivity index (χ4v) is 2.54. The molecule has 1 aromatic heterocycles. The number of nitrogens with zero attached hydrogens (tertiary/aromatic N) is 1. The van der Waals surface area contributed by atoms with Crippen molar-refractivity contribution < 1.29 is 13.9 Å². The Hall–Kier alpha value is -1.37. The number of rotatable bonds is 4. The molecule has 2 heterocycles. The van der Waals surface area contributed by atoms with Crippen molar-refractivity contribution >= 4 is 5.91 Å². The van der Waals surface area contributed by atoms with Gasteiger partial charge in [-0.15, -0.1) is 0 Å². The fraction of sp³-hybridized carbons (Fsp3) is 0.615. The molecule has 0 spiro atoms. The molecule has 1 aromatic rings. The van der Waals surface area contributed by atoms with Crippen LogP contribution in [0.15, 0.2) is 10.5 Å². The number of nitrogen functional groups attached to an aromatic ring is 1. The highest BCUT2D eigenvalue weighted by Crippen LogP contribution is 2.22. The van der Waals surface area contributed by atoms with Crippen molar-refractivity contribution in [1.82, 2.24) is 10.3 Å². The van der Waals surface area contributed by atoms with Gasteiger partial charge in [-0.1, -0.05) is 0 Å². The van der Waals surface area contributed by atoms with Crippen molar-refractivity contribution in [3.8, 4) is 0 Å². The van der Waals surface area contributed by atoms with Gasteiger partial charge in [0.15, 0.2) is 5.76 Å². The van der Waals surface area contributed by atoms with E-state index >= 15 is 0 Å². The molecule has 1 saturated heterocycles. The zero-order valence-electron chi connectivity index (χ0n) is 11.6. The Kier molecular flexibility index (Phi) is 4.24. The number of hydrazine groups is 1. The summed E-state index contributed by atoms with van der Waals surface area (Å²) in [4.78, 5) is 13.6. The third-order valence-corrected chi connectivity index (χ3v) is 3.70. The van der Waals surface area contributed by atoms with Gasteiger partial charge in [0.1, 0.15) is 5.76 Å². The van der Waals surface area contributed by atoms with E-state index in [1.165, 1.54) is 0 Å². The van der Waals surface area contributed by atoms with Gasteiger partial charge in [0.25, 0.3) is 0 Å². The lowest BCUT2D eigenvalue weighted by Crippen LogP contribution is -2.36. The van der Waals surface area contributed by atoms with Crippen LogP contribution in [0.4, 0.5) is 0 Å². The molecule has 1 aliphatic heterocycles. The molecule has 0 saturated carbocycles. The molecule has 2 unspecified atom stereocenters. The van der Waals surface area contributed by atoms with Crippen LogP contribution in [0.25, 0.3) is 0 Å². The SMILES string of the molecule is Cc1oc(C(=O)NN)cc1CN(C)C1CCOC1C. The second-order valence-corrected chi connectivity index (χ2v) is 5.01. The van der Waals surface area contributed by atoms with Gasteiger partial charge in [-0.3, -0.25) is 15.1 Å². The molecule has 0 bridgehead atoms. The number of hydrogen-bond acceptors (Lipinski definition) is 5. The number of furan rings is 1. The summed E-state index contributed by atoms with van der Waals surface area (Å²) in [7, 11) is 2.06. The Morgan fingerprint density at radius 2 is 2.37 bits per heavy atom. The number of likely N-dealkylation sites (N-methyl/N-ethyl adjacent to an activating group) is 1.